The van der Waals surface area contributed by atoms with Crippen LogP contribution in [0.15, 0.2) is 36.5 Å². The number of unbranched alkanes of at least 4 members (excludes halogenated alkanes) is 13. The van der Waals surface area contributed by atoms with E-state index in [9.17, 15) is 38.7 Å². The highest BCUT2D eigenvalue weighted by Crippen LogP contribution is 2.26. The number of ether oxygens (including phenoxy) is 2. The molecular formula is C37H67NO12S. The molecule has 8 unspecified atom stereocenters. The first-order chi connectivity index (χ1) is 24.4. The third kappa shape index (κ3) is 22.2. The summed E-state index contributed by atoms with van der Waals surface area (Å²) in [7, 11) is -5.12. The zero-order valence-electron chi connectivity index (χ0n) is 30.8. The van der Waals surface area contributed by atoms with E-state index in [2.05, 4.69) is 47.7 Å². The molecule has 0 bridgehead atoms. The van der Waals surface area contributed by atoms with Crippen LogP contribution >= 0.6 is 0 Å². The molecule has 1 saturated heterocycles. The molecule has 0 radical (unpaired) electrons. The lowest BCUT2D eigenvalue weighted by Gasteiger charge is -2.41. The van der Waals surface area contributed by atoms with Gasteiger partial charge in [0.15, 0.2) is 6.29 Å². The fraction of sp³-hybridized carbons (Fsp3) is 0.811. The Labute approximate surface area is 306 Å². The van der Waals surface area contributed by atoms with Crippen molar-refractivity contribution in [3.05, 3.63) is 36.5 Å². The summed E-state index contributed by atoms with van der Waals surface area (Å²) < 4.78 is 47.2. The zero-order chi connectivity index (χ0) is 37.9. The quantitative estimate of drug-likeness (QED) is 0.0306. The van der Waals surface area contributed by atoms with Crippen LogP contribution < -0.4 is 5.32 Å². The van der Waals surface area contributed by atoms with Crippen LogP contribution in [0.25, 0.3) is 0 Å². The zero-order valence-corrected chi connectivity index (χ0v) is 31.6. The summed E-state index contributed by atoms with van der Waals surface area (Å²) in [5.41, 5.74) is 0. The summed E-state index contributed by atoms with van der Waals surface area (Å²) in [6.07, 6.45) is 18.3. The van der Waals surface area contributed by atoms with Crippen molar-refractivity contribution in [3.8, 4) is 0 Å². The summed E-state index contributed by atoms with van der Waals surface area (Å²) in [5.74, 6) is -0.722. The van der Waals surface area contributed by atoms with E-state index in [4.69, 9.17) is 14.0 Å². The molecule has 0 aromatic carbocycles. The molecule has 8 atom stereocenters. The van der Waals surface area contributed by atoms with Gasteiger partial charge >= 0.3 is 10.4 Å². The van der Waals surface area contributed by atoms with E-state index >= 15 is 0 Å². The van der Waals surface area contributed by atoms with E-state index in [1.165, 1.54) is 57.4 Å². The first-order valence-electron chi connectivity index (χ1n) is 19.0. The molecule has 298 valence electrons. The van der Waals surface area contributed by atoms with Gasteiger partial charge in [-0.3, -0.25) is 9.35 Å². The number of aliphatic hydroxyl groups excluding tert-OH is 5. The number of aliphatic hydroxyl groups is 5. The Balaban J connectivity index is 2.77. The summed E-state index contributed by atoms with van der Waals surface area (Å²) in [4.78, 5) is 13.0. The maximum absolute atomic E-state index is 13.0. The topological polar surface area (TPSA) is 212 Å². The SMILES string of the molecule is CCCC/C=C/CC/C=C/CC/C=C/C(O)C(COC1OC(CO)C(O)C(OS(=O)(=O)O)C1O)NC(=O)C(O)CCCCCCCCCCCC. The van der Waals surface area contributed by atoms with Gasteiger partial charge in [-0.1, -0.05) is 127 Å². The number of allylic oxidation sites excluding steroid dienone is 5. The van der Waals surface area contributed by atoms with Crippen LogP contribution in [0.1, 0.15) is 129 Å². The van der Waals surface area contributed by atoms with Crippen LogP contribution in [0.5, 0.6) is 0 Å². The van der Waals surface area contributed by atoms with E-state index in [1.54, 1.807) is 6.08 Å². The Morgan fingerprint density at radius 3 is 1.86 bits per heavy atom. The van der Waals surface area contributed by atoms with Gasteiger partial charge in [0.2, 0.25) is 5.91 Å². The van der Waals surface area contributed by atoms with Crippen molar-refractivity contribution in [2.24, 2.45) is 0 Å². The van der Waals surface area contributed by atoms with Gasteiger partial charge in [-0.2, -0.15) is 8.42 Å². The minimum atomic E-state index is -5.12. The molecule has 1 heterocycles. The molecule has 7 N–H and O–H groups in total. The summed E-state index contributed by atoms with van der Waals surface area (Å²) in [5, 5.41) is 54.7. The van der Waals surface area contributed by atoms with Gasteiger partial charge in [-0.25, -0.2) is 4.18 Å². The van der Waals surface area contributed by atoms with Gasteiger partial charge in [0.1, 0.15) is 30.5 Å². The molecule has 1 fully saturated rings. The molecule has 14 heteroatoms. The number of amides is 1. The van der Waals surface area contributed by atoms with Crippen LogP contribution in [-0.2, 0) is 28.9 Å². The molecule has 0 aromatic heterocycles. The van der Waals surface area contributed by atoms with Gasteiger partial charge in [0, 0.05) is 0 Å². The fourth-order valence-electron chi connectivity index (χ4n) is 5.65. The minimum Gasteiger partial charge on any atom is -0.394 e. The second-order valence-electron chi connectivity index (χ2n) is 13.3. The highest BCUT2D eigenvalue weighted by Gasteiger charge is 2.48. The Morgan fingerprint density at radius 1 is 0.784 bits per heavy atom. The average molecular weight is 750 g/mol. The Kier molecular flexibility index (Phi) is 26.7. The summed E-state index contributed by atoms with van der Waals surface area (Å²) in [6, 6.07) is -1.14. The number of hydrogen-bond donors (Lipinski definition) is 7. The van der Waals surface area contributed by atoms with Gasteiger partial charge in [-0.05, 0) is 38.5 Å². The third-order valence-electron chi connectivity index (χ3n) is 8.76. The van der Waals surface area contributed by atoms with Gasteiger partial charge < -0.3 is 40.3 Å². The largest absolute Gasteiger partial charge is 0.397 e. The standard InChI is InChI=1S/C37H67NO12S/c1-3-5-7-9-11-13-15-16-18-19-21-23-25-30(40)29(38-36(44)31(41)26-24-22-20-17-14-12-10-8-6-4-2)28-48-37-34(43)35(50-51(45,46)47)33(42)32(27-39)49-37/h9,11,16,18,23,25,29-35,37,39-43H,3-8,10,12-15,17,19-22,24,26-28H2,1-2H3,(H,38,44)(H,45,46,47)/b11-9+,18-16+,25-23+. The summed E-state index contributed by atoms with van der Waals surface area (Å²) >= 11 is 0. The smallest absolute Gasteiger partial charge is 0.394 e. The predicted octanol–water partition coefficient (Wildman–Crippen LogP) is 4.57. The van der Waals surface area contributed by atoms with Crippen molar-refractivity contribution in [1.82, 2.24) is 5.32 Å². The molecule has 1 amide bonds. The Bertz CT molecular complexity index is 1090. The summed E-state index contributed by atoms with van der Waals surface area (Å²) in [6.45, 7) is 3.07. The molecule has 51 heavy (non-hydrogen) atoms. The van der Waals surface area contributed by atoms with E-state index in [-0.39, 0.29) is 6.42 Å². The molecule has 0 aromatic rings. The van der Waals surface area contributed by atoms with E-state index in [0.29, 0.717) is 12.8 Å². The van der Waals surface area contributed by atoms with E-state index in [1.807, 2.05) is 0 Å². The lowest BCUT2D eigenvalue weighted by atomic mass is 9.99. The van der Waals surface area contributed by atoms with Crippen LogP contribution in [0.3, 0.4) is 0 Å². The van der Waals surface area contributed by atoms with Crippen molar-refractivity contribution in [1.29, 1.82) is 0 Å². The number of nitrogens with one attached hydrogen (secondary N) is 1. The molecule has 1 rings (SSSR count). The first kappa shape index (κ1) is 47.3. The lowest BCUT2D eigenvalue weighted by molar-refractivity contribution is -0.298. The number of carbonyl (C=O) groups excluding carboxylic acids is 1. The van der Waals surface area contributed by atoms with Crippen molar-refractivity contribution in [3.63, 3.8) is 0 Å². The predicted molar refractivity (Wildman–Crippen MR) is 196 cm³/mol. The number of carbonyl (C=O) groups is 1. The molecule has 1 aliphatic heterocycles. The molecular weight excluding hydrogens is 682 g/mol. The van der Waals surface area contributed by atoms with Gasteiger partial charge in [0.25, 0.3) is 0 Å². The number of rotatable bonds is 30. The van der Waals surface area contributed by atoms with E-state index in [0.717, 1.165) is 44.9 Å². The Morgan fingerprint density at radius 2 is 1.31 bits per heavy atom. The van der Waals surface area contributed by atoms with Crippen molar-refractivity contribution in [2.45, 2.75) is 178 Å². The van der Waals surface area contributed by atoms with Crippen LogP contribution in [0.4, 0.5) is 0 Å². The second kappa shape index (κ2) is 28.7. The molecule has 1 aliphatic rings. The Hall–Kier alpha value is -1.72. The number of hydrogen-bond acceptors (Lipinski definition) is 11. The highest BCUT2D eigenvalue weighted by atomic mass is 32.3. The van der Waals surface area contributed by atoms with Crippen molar-refractivity contribution >= 4 is 16.3 Å². The molecule has 0 spiro atoms. The van der Waals surface area contributed by atoms with Crippen molar-refractivity contribution in [2.75, 3.05) is 13.2 Å². The molecule has 0 saturated carbocycles. The second-order valence-corrected chi connectivity index (χ2v) is 14.3. The molecule has 0 aliphatic carbocycles. The first-order valence-corrected chi connectivity index (χ1v) is 20.3. The van der Waals surface area contributed by atoms with Crippen LogP contribution in [0.2, 0.25) is 0 Å². The lowest BCUT2D eigenvalue weighted by Crippen LogP contribution is -2.61. The van der Waals surface area contributed by atoms with Crippen LogP contribution in [-0.4, -0.2) is 107 Å². The third-order valence-corrected chi connectivity index (χ3v) is 9.22. The van der Waals surface area contributed by atoms with Gasteiger partial charge in [-0.15, -0.1) is 0 Å². The molecule has 13 nitrogen and oxygen atoms in total. The monoisotopic (exact) mass is 749 g/mol. The fourth-order valence-corrected chi connectivity index (χ4v) is 6.16. The van der Waals surface area contributed by atoms with Gasteiger partial charge in [0.05, 0.1) is 25.4 Å². The highest BCUT2D eigenvalue weighted by molar-refractivity contribution is 7.80. The maximum Gasteiger partial charge on any atom is 0.397 e. The van der Waals surface area contributed by atoms with Crippen LogP contribution in [0, 0.1) is 0 Å². The van der Waals surface area contributed by atoms with E-state index < -0.39 is 78.5 Å². The maximum atomic E-state index is 13.0. The average Bonchev–Trinajstić information content (AvgIpc) is 3.09. The minimum absolute atomic E-state index is 0.234. The normalized spacial score (nSPS) is 23.3. The van der Waals surface area contributed by atoms with Crippen molar-refractivity contribution < 1.29 is 57.0 Å².